The fourth-order valence-corrected chi connectivity index (χ4v) is 2.42. The van der Waals surface area contributed by atoms with E-state index in [1.165, 1.54) is 11.3 Å². The predicted octanol–water partition coefficient (Wildman–Crippen LogP) is 1.97. The van der Waals surface area contributed by atoms with Crippen LogP contribution < -0.4 is 0 Å². The third-order valence-electron chi connectivity index (χ3n) is 2.06. The lowest BCUT2D eigenvalue weighted by molar-refractivity contribution is 0.283. The fraction of sp³-hybridized carbons (Fsp3) is 0.100. The largest absolute Gasteiger partial charge is 0.506 e. The first-order valence-electron chi connectivity index (χ1n) is 4.02. The first kappa shape index (κ1) is 9.00. The van der Waals surface area contributed by atoms with Crippen LogP contribution in [-0.4, -0.2) is 10.2 Å². The highest BCUT2D eigenvalue weighted by Gasteiger charge is 2.12. The lowest BCUT2D eigenvalue weighted by Crippen LogP contribution is -1.82. The number of nitrogens with zero attached hydrogens (tertiary/aromatic N) is 1. The molecule has 0 saturated carbocycles. The molecule has 1 aromatic heterocycles. The van der Waals surface area contributed by atoms with Gasteiger partial charge in [-0.25, -0.2) is 0 Å². The normalized spacial score (nSPS) is 10.3. The minimum absolute atomic E-state index is 0.156. The summed E-state index contributed by atoms with van der Waals surface area (Å²) in [4.78, 5) is 0.462. The Kier molecular flexibility index (Phi) is 2.12. The number of phenolic OH excluding ortho intramolecular Hbond substituents is 1. The second kappa shape index (κ2) is 3.29. The van der Waals surface area contributed by atoms with E-state index in [1.54, 1.807) is 18.2 Å². The van der Waals surface area contributed by atoms with Crippen LogP contribution in [0.3, 0.4) is 0 Å². The van der Waals surface area contributed by atoms with E-state index in [1.807, 2.05) is 6.07 Å². The minimum Gasteiger partial charge on any atom is -0.506 e. The number of aliphatic hydroxyl groups excluding tert-OH is 1. The van der Waals surface area contributed by atoms with Crippen LogP contribution in [0.2, 0.25) is 0 Å². The van der Waals surface area contributed by atoms with Crippen molar-refractivity contribution in [2.24, 2.45) is 0 Å². The molecule has 0 saturated heterocycles. The number of rotatable bonds is 1. The van der Waals surface area contributed by atoms with Crippen molar-refractivity contribution in [3.8, 4) is 11.8 Å². The third kappa shape index (κ3) is 1.15. The quantitative estimate of drug-likeness (QED) is 0.748. The zero-order valence-electron chi connectivity index (χ0n) is 7.19. The number of aliphatic hydroxyl groups is 1. The number of thiophene rings is 1. The van der Waals surface area contributed by atoms with Gasteiger partial charge in [0.15, 0.2) is 0 Å². The molecule has 0 fully saturated rings. The molecule has 0 amide bonds. The molecule has 0 bridgehead atoms. The van der Waals surface area contributed by atoms with Crippen LogP contribution >= 0.6 is 11.3 Å². The Labute approximate surface area is 84.5 Å². The van der Waals surface area contributed by atoms with Gasteiger partial charge in [0, 0.05) is 10.9 Å². The molecule has 3 nitrogen and oxygen atoms in total. The summed E-state index contributed by atoms with van der Waals surface area (Å²) in [6, 6.07) is 7.07. The SMILES string of the molecule is N#Cc1sc2c(O)cccc2c1CO. The van der Waals surface area contributed by atoms with Gasteiger partial charge in [0.05, 0.1) is 11.3 Å². The van der Waals surface area contributed by atoms with E-state index in [0.717, 1.165) is 5.39 Å². The number of hydrogen-bond donors (Lipinski definition) is 2. The molecule has 1 heterocycles. The number of fused-ring (bicyclic) bond motifs is 1. The van der Waals surface area contributed by atoms with Crippen molar-refractivity contribution in [3.63, 3.8) is 0 Å². The highest BCUT2D eigenvalue weighted by atomic mass is 32.1. The summed E-state index contributed by atoms with van der Waals surface area (Å²) in [5.41, 5.74) is 0.600. The Bertz CT molecular complexity index is 525. The van der Waals surface area contributed by atoms with Gasteiger partial charge in [-0.15, -0.1) is 11.3 Å². The van der Waals surface area contributed by atoms with Gasteiger partial charge in [-0.05, 0) is 6.07 Å². The fourth-order valence-electron chi connectivity index (χ4n) is 1.40. The van der Waals surface area contributed by atoms with Gasteiger partial charge in [-0.3, -0.25) is 0 Å². The van der Waals surface area contributed by atoms with Gasteiger partial charge in [0.1, 0.15) is 16.7 Å². The van der Waals surface area contributed by atoms with Gasteiger partial charge in [0.25, 0.3) is 0 Å². The lowest BCUT2D eigenvalue weighted by Gasteiger charge is -1.95. The molecule has 0 radical (unpaired) electrons. The maximum atomic E-state index is 9.52. The molecular weight excluding hydrogens is 198 g/mol. The highest BCUT2D eigenvalue weighted by Crippen LogP contribution is 2.36. The molecule has 1 aromatic carbocycles. The molecule has 2 rings (SSSR count). The molecule has 4 heteroatoms. The van der Waals surface area contributed by atoms with E-state index in [2.05, 4.69) is 0 Å². The molecule has 2 N–H and O–H groups in total. The summed E-state index contributed by atoms with van der Waals surface area (Å²) in [5.74, 6) is 0.156. The van der Waals surface area contributed by atoms with Crippen molar-refractivity contribution in [3.05, 3.63) is 28.6 Å². The number of hydrogen-bond acceptors (Lipinski definition) is 4. The summed E-state index contributed by atoms with van der Waals surface area (Å²) in [5, 5.41) is 28.2. The highest BCUT2D eigenvalue weighted by molar-refractivity contribution is 7.20. The summed E-state index contributed by atoms with van der Waals surface area (Å²) in [6.07, 6.45) is 0. The van der Waals surface area contributed by atoms with Crippen molar-refractivity contribution >= 4 is 21.4 Å². The van der Waals surface area contributed by atoms with Gasteiger partial charge < -0.3 is 10.2 Å². The van der Waals surface area contributed by atoms with Crippen LogP contribution in [-0.2, 0) is 6.61 Å². The van der Waals surface area contributed by atoms with Crippen LogP contribution in [0, 0.1) is 11.3 Å². The molecule has 2 aromatic rings. The minimum atomic E-state index is -0.174. The predicted molar refractivity (Wildman–Crippen MR) is 54.1 cm³/mol. The number of aromatic hydroxyl groups is 1. The van der Waals surface area contributed by atoms with Crippen LogP contribution in [0.4, 0.5) is 0 Å². The monoisotopic (exact) mass is 205 g/mol. The third-order valence-corrected chi connectivity index (χ3v) is 3.23. The Morgan fingerprint density at radius 2 is 2.21 bits per heavy atom. The maximum absolute atomic E-state index is 9.52. The molecule has 70 valence electrons. The van der Waals surface area contributed by atoms with E-state index in [-0.39, 0.29) is 12.4 Å². The molecule has 0 unspecified atom stereocenters. The van der Waals surface area contributed by atoms with Crippen LogP contribution in [0.15, 0.2) is 18.2 Å². The summed E-state index contributed by atoms with van der Waals surface area (Å²) in [6.45, 7) is -0.174. The second-order valence-electron chi connectivity index (χ2n) is 2.83. The zero-order valence-corrected chi connectivity index (χ0v) is 8.01. The summed E-state index contributed by atoms with van der Waals surface area (Å²) >= 11 is 1.20. The molecular formula is C10H7NO2S. The van der Waals surface area contributed by atoms with E-state index in [4.69, 9.17) is 10.4 Å². The van der Waals surface area contributed by atoms with E-state index in [9.17, 15) is 5.11 Å². The molecule has 0 spiro atoms. The summed E-state index contributed by atoms with van der Waals surface area (Å²) in [7, 11) is 0. The van der Waals surface area contributed by atoms with E-state index in [0.29, 0.717) is 15.1 Å². The smallest absolute Gasteiger partial charge is 0.133 e. The molecule has 0 aliphatic rings. The molecule has 14 heavy (non-hydrogen) atoms. The maximum Gasteiger partial charge on any atom is 0.133 e. The number of nitriles is 1. The van der Waals surface area contributed by atoms with Crippen molar-refractivity contribution in [1.29, 1.82) is 5.26 Å². The topological polar surface area (TPSA) is 64.2 Å². The van der Waals surface area contributed by atoms with Crippen molar-refractivity contribution in [1.82, 2.24) is 0 Å². The summed E-state index contributed by atoms with van der Waals surface area (Å²) < 4.78 is 0.660. The van der Waals surface area contributed by atoms with E-state index >= 15 is 0 Å². The van der Waals surface area contributed by atoms with Gasteiger partial charge in [0.2, 0.25) is 0 Å². The van der Waals surface area contributed by atoms with Crippen molar-refractivity contribution in [2.75, 3.05) is 0 Å². The molecule has 0 aliphatic carbocycles. The Balaban J connectivity index is 2.88. The standard InChI is InChI=1S/C10H7NO2S/c11-4-9-7(5-12)6-2-1-3-8(13)10(6)14-9/h1-3,12-13H,5H2. The average Bonchev–Trinajstić information content (AvgIpc) is 2.57. The van der Waals surface area contributed by atoms with Crippen molar-refractivity contribution < 1.29 is 10.2 Å². The Hall–Kier alpha value is -1.57. The van der Waals surface area contributed by atoms with Gasteiger partial charge >= 0.3 is 0 Å². The first-order chi connectivity index (χ1) is 6.77. The number of phenols is 1. The lowest BCUT2D eigenvalue weighted by atomic mass is 10.1. The Morgan fingerprint density at radius 3 is 2.86 bits per heavy atom. The van der Waals surface area contributed by atoms with E-state index < -0.39 is 0 Å². The van der Waals surface area contributed by atoms with Crippen LogP contribution in [0.5, 0.6) is 5.75 Å². The number of benzene rings is 1. The Morgan fingerprint density at radius 1 is 1.43 bits per heavy atom. The molecule has 0 aliphatic heterocycles. The molecule has 0 atom stereocenters. The average molecular weight is 205 g/mol. The first-order valence-corrected chi connectivity index (χ1v) is 4.84. The van der Waals surface area contributed by atoms with Gasteiger partial charge in [-0.2, -0.15) is 5.26 Å². The van der Waals surface area contributed by atoms with Crippen LogP contribution in [0.25, 0.3) is 10.1 Å². The van der Waals surface area contributed by atoms with Crippen LogP contribution in [0.1, 0.15) is 10.4 Å². The van der Waals surface area contributed by atoms with Crippen molar-refractivity contribution in [2.45, 2.75) is 6.61 Å². The second-order valence-corrected chi connectivity index (χ2v) is 3.85. The van der Waals surface area contributed by atoms with Gasteiger partial charge in [-0.1, -0.05) is 12.1 Å². The zero-order chi connectivity index (χ0) is 10.1.